The third-order valence-corrected chi connectivity index (χ3v) is 1.66. The average molecular weight is 411 g/mol. The first-order valence-electron chi connectivity index (χ1n) is 5.67. The third kappa shape index (κ3) is 61.2. The molecule has 0 atom stereocenters. The van der Waals surface area contributed by atoms with E-state index in [1.165, 1.54) is 42.5 Å². The standard InChI is InChI=1S/C5H8O4.C3H6O2.2C2H3ClO2.CH4/c1-8-4(6)3-5(7)9-2;1-3(4)5-2;2*1-5-2(3)4;/h3H2,1-2H3;1-2H3;2*1H3;1H4. The Hall–Kier alpha value is -2.07. The Morgan fingerprint density at radius 3 is 0.920 bits per heavy atom. The quantitative estimate of drug-likeness (QED) is 0.289. The molecule has 0 radical (unpaired) electrons. The molecule has 0 saturated carbocycles. The minimum absolute atomic E-state index is 0. The Morgan fingerprint density at radius 2 is 0.840 bits per heavy atom. The summed E-state index contributed by atoms with van der Waals surface area (Å²) in [5, 5.41) is 0. The van der Waals surface area contributed by atoms with Gasteiger partial charge in [0, 0.05) is 30.1 Å². The van der Waals surface area contributed by atoms with Crippen molar-refractivity contribution in [2.45, 2.75) is 20.8 Å². The molecule has 10 nitrogen and oxygen atoms in total. The van der Waals surface area contributed by atoms with E-state index in [1.54, 1.807) is 0 Å². The van der Waals surface area contributed by atoms with Gasteiger partial charge >= 0.3 is 28.8 Å². The van der Waals surface area contributed by atoms with Crippen molar-refractivity contribution >= 4 is 52.0 Å². The van der Waals surface area contributed by atoms with E-state index in [4.69, 9.17) is 0 Å². The minimum atomic E-state index is -0.773. The van der Waals surface area contributed by atoms with Crippen LogP contribution in [0.2, 0.25) is 0 Å². The molecule has 0 unspecified atom stereocenters. The van der Waals surface area contributed by atoms with Gasteiger partial charge in [0.25, 0.3) is 0 Å². The predicted octanol–water partition coefficient (Wildman–Crippen LogP) is 2.52. The van der Waals surface area contributed by atoms with Gasteiger partial charge < -0.3 is 23.7 Å². The molecule has 0 aliphatic rings. The summed E-state index contributed by atoms with van der Waals surface area (Å²) in [7, 11) is 6.21. The van der Waals surface area contributed by atoms with Crippen molar-refractivity contribution in [3.63, 3.8) is 0 Å². The highest BCUT2D eigenvalue weighted by Crippen LogP contribution is 1.85. The second-order valence-corrected chi connectivity index (χ2v) is 3.53. The van der Waals surface area contributed by atoms with Gasteiger partial charge in [-0.05, 0) is 0 Å². The number of carbonyl (C=O) groups is 5. The van der Waals surface area contributed by atoms with Gasteiger partial charge in [-0.15, -0.1) is 0 Å². The Balaban J connectivity index is -0.0000000733. The summed E-state index contributed by atoms with van der Waals surface area (Å²) < 4.78 is 20.2. The molecule has 12 heteroatoms. The van der Waals surface area contributed by atoms with Crippen molar-refractivity contribution in [2.75, 3.05) is 35.5 Å². The van der Waals surface area contributed by atoms with E-state index < -0.39 is 22.8 Å². The molecule has 0 heterocycles. The highest BCUT2D eigenvalue weighted by atomic mass is 35.5. The first-order valence-corrected chi connectivity index (χ1v) is 6.42. The van der Waals surface area contributed by atoms with Gasteiger partial charge in [0.15, 0.2) is 0 Å². The van der Waals surface area contributed by atoms with Gasteiger partial charge in [-0.1, -0.05) is 7.43 Å². The molecule has 0 aromatic rings. The smallest absolute Gasteiger partial charge is 0.403 e. The van der Waals surface area contributed by atoms with E-state index in [0.29, 0.717) is 0 Å². The fourth-order valence-electron chi connectivity index (χ4n) is 0.262. The molecule has 25 heavy (non-hydrogen) atoms. The van der Waals surface area contributed by atoms with Crippen LogP contribution in [0.5, 0.6) is 0 Å². The van der Waals surface area contributed by atoms with E-state index in [1.807, 2.05) is 0 Å². The summed E-state index contributed by atoms with van der Waals surface area (Å²) in [5.41, 5.74) is -1.55. The van der Waals surface area contributed by atoms with Crippen LogP contribution < -0.4 is 0 Å². The molecule has 0 fully saturated rings. The number of halogens is 2. The van der Waals surface area contributed by atoms with Crippen molar-refractivity contribution in [2.24, 2.45) is 0 Å². The molecule has 0 rings (SSSR count). The van der Waals surface area contributed by atoms with Crippen molar-refractivity contribution in [1.29, 1.82) is 0 Å². The summed E-state index contributed by atoms with van der Waals surface area (Å²) in [6, 6.07) is 0. The van der Waals surface area contributed by atoms with Gasteiger partial charge in [-0.25, -0.2) is 9.59 Å². The van der Waals surface area contributed by atoms with Gasteiger partial charge in [-0.3, -0.25) is 14.4 Å². The number of rotatable bonds is 2. The van der Waals surface area contributed by atoms with E-state index >= 15 is 0 Å². The maximum atomic E-state index is 10.3. The number of hydrogen-bond acceptors (Lipinski definition) is 10. The molecule has 0 spiro atoms. The van der Waals surface area contributed by atoms with Gasteiger partial charge in [0.05, 0.1) is 35.5 Å². The molecule has 0 aliphatic carbocycles. The summed E-state index contributed by atoms with van der Waals surface area (Å²) in [5.74, 6) is -1.41. The predicted molar refractivity (Wildman–Crippen MR) is 89.6 cm³/mol. The molecule has 150 valence electrons. The summed E-state index contributed by atoms with van der Waals surface area (Å²) in [6.45, 7) is 1.36. The maximum Gasteiger partial charge on any atom is 0.403 e. The van der Waals surface area contributed by atoms with Crippen molar-refractivity contribution in [3.05, 3.63) is 0 Å². The average Bonchev–Trinajstić information content (AvgIpc) is 2.55. The number of esters is 3. The third-order valence-electron chi connectivity index (χ3n) is 1.35. The van der Waals surface area contributed by atoms with E-state index in [2.05, 4.69) is 46.9 Å². The van der Waals surface area contributed by atoms with Crippen LogP contribution in [0, 0.1) is 0 Å². The van der Waals surface area contributed by atoms with Crippen LogP contribution in [0.3, 0.4) is 0 Å². The molecule has 0 bridgehead atoms. The van der Waals surface area contributed by atoms with E-state index in [9.17, 15) is 24.0 Å². The zero-order valence-electron chi connectivity index (χ0n) is 14.0. The topological polar surface area (TPSA) is 132 Å². The Kier molecular flexibility index (Phi) is 36.8. The van der Waals surface area contributed by atoms with Crippen LogP contribution in [-0.4, -0.2) is 64.3 Å². The molecule has 0 amide bonds. The monoisotopic (exact) mass is 410 g/mol. The number of methoxy groups -OCH3 is 5. The zero-order valence-corrected chi connectivity index (χ0v) is 15.6. The van der Waals surface area contributed by atoms with Crippen LogP contribution >= 0.6 is 23.2 Å². The van der Waals surface area contributed by atoms with E-state index in [-0.39, 0.29) is 19.8 Å². The normalized spacial score (nSPS) is 7.04. The van der Waals surface area contributed by atoms with E-state index in [0.717, 1.165) is 0 Å². The van der Waals surface area contributed by atoms with Crippen LogP contribution in [0.1, 0.15) is 20.8 Å². The van der Waals surface area contributed by atoms with Crippen LogP contribution in [0.15, 0.2) is 0 Å². The van der Waals surface area contributed by atoms with Crippen molar-refractivity contribution < 1.29 is 47.7 Å². The lowest BCUT2D eigenvalue weighted by atomic mass is 10.4. The second kappa shape index (κ2) is 26.8. The highest BCUT2D eigenvalue weighted by Gasteiger charge is 2.07. The maximum absolute atomic E-state index is 10.3. The first kappa shape index (κ1) is 34.3. The lowest BCUT2D eigenvalue weighted by Gasteiger charge is -1.95. The second-order valence-electron chi connectivity index (χ2n) is 2.91. The van der Waals surface area contributed by atoms with Crippen molar-refractivity contribution in [1.82, 2.24) is 0 Å². The summed E-state index contributed by atoms with van der Waals surface area (Å²) >= 11 is 9.20. The molecule has 0 aromatic carbocycles. The molecule has 0 aliphatic heterocycles. The lowest BCUT2D eigenvalue weighted by Crippen LogP contribution is -2.09. The zero-order chi connectivity index (χ0) is 20.1. The molecule has 0 N–H and O–H groups in total. The fourth-order valence-corrected chi connectivity index (χ4v) is 0.262. The summed E-state index contributed by atoms with van der Waals surface area (Å²) in [6.07, 6.45) is -0.312. The Morgan fingerprint density at radius 1 is 0.640 bits per heavy atom. The fraction of sp³-hybridized carbons (Fsp3) is 0.615. The van der Waals surface area contributed by atoms with Gasteiger partial charge in [-0.2, -0.15) is 0 Å². The highest BCUT2D eigenvalue weighted by molar-refractivity contribution is 6.61. The van der Waals surface area contributed by atoms with Crippen molar-refractivity contribution in [3.8, 4) is 0 Å². The molecule has 0 aromatic heterocycles. The molecular formula is C13H24Cl2O10. The first-order chi connectivity index (χ1) is 11.0. The minimum Gasteiger partial charge on any atom is -0.469 e. The Labute approximate surface area is 156 Å². The Bertz CT molecular complexity index is 338. The molecular weight excluding hydrogens is 387 g/mol. The van der Waals surface area contributed by atoms with Crippen LogP contribution in [0.4, 0.5) is 9.59 Å². The SMILES string of the molecule is C.COC(=O)CC(=O)OC.COC(=O)Cl.COC(=O)Cl.COC(C)=O. The number of carbonyl (C=O) groups excluding carboxylic acids is 5. The summed E-state index contributed by atoms with van der Waals surface area (Å²) in [4.78, 5) is 48.8. The lowest BCUT2D eigenvalue weighted by molar-refractivity contribution is -0.151. The molecule has 0 saturated heterocycles. The van der Waals surface area contributed by atoms with Crippen LogP contribution in [0.25, 0.3) is 0 Å². The van der Waals surface area contributed by atoms with Gasteiger partial charge in [0.1, 0.15) is 6.42 Å². The number of ether oxygens (including phenoxy) is 5. The largest absolute Gasteiger partial charge is 0.469 e. The number of hydrogen-bond donors (Lipinski definition) is 0. The van der Waals surface area contributed by atoms with Gasteiger partial charge in [0.2, 0.25) is 0 Å². The van der Waals surface area contributed by atoms with Crippen LogP contribution in [-0.2, 0) is 38.1 Å².